The topological polar surface area (TPSA) is 96.8 Å². The van der Waals surface area contributed by atoms with Crippen LogP contribution in [-0.2, 0) is 9.59 Å². The third-order valence-electron chi connectivity index (χ3n) is 3.69. The Bertz CT molecular complexity index is 854. The first kappa shape index (κ1) is 17.0. The van der Waals surface area contributed by atoms with E-state index in [1.807, 2.05) is 0 Å². The van der Waals surface area contributed by atoms with Crippen molar-refractivity contribution < 1.29 is 24.2 Å². The molecule has 1 N–H and O–H groups in total. The van der Waals surface area contributed by atoms with Gasteiger partial charge in [0.1, 0.15) is 10.8 Å². The van der Waals surface area contributed by atoms with E-state index >= 15 is 0 Å². The highest BCUT2D eigenvalue weighted by Gasteiger charge is 2.41. The number of carboxylic acids is 1. The number of anilines is 1. The van der Waals surface area contributed by atoms with E-state index in [1.165, 1.54) is 25.4 Å². The quantitative estimate of drug-likeness (QED) is 0.819. The van der Waals surface area contributed by atoms with Crippen LogP contribution < -0.4 is 9.64 Å². The lowest BCUT2D eigenvalue weighted by Crippen LogP contribution is -2.31. The molecular formula is C17H14N2O5S. The number of rotatable bonds is 5. The van der Waals surface area contributed by atoms with Gasteiger partial charge in [-0.1, -0.05) is 23.9 Å². The van der Waals surface area contributed by atoms with Gasteiger partial charge in [-0.25, -0.2) is 14.7 Å². The van der Waals surface area contributed by atoms with Crippen LogP contribution in [0.15, 0.2) is 47.6 Å². The summed E-state index contributed by atoms with van der Waals surface area (Å²) in [5.41, 5.74) is 0.381. The molecule has 0 spiro atoms. The summed E-state index contributed by atoms with van der Waals surface area (Å²) >= 11 is 0.985. The molecule has 1 atom stereocenters. The largest absolute Gasteiger partial charge is 0.495 e. The monoisotopic (exact) mass is 358 g/mol. The fourth-order valence-electron chi connectivity index (χ4n) is 2.55. The van der Waals surface area contributed by atoms with Gasteiger partial charge in [0.2, 0.25) is 11.8 Å². The smallest absolute Gasteiger partial charge is 0.338 e. The number of para-hydroxylation sites is 2. The molecule has 2 amide bonds. The van der Waals surface area contributed by atoms with Crippen molar-refractivity contribution in [1.82, 2.24) is 4.98 Å². The third-order valence-corrected chi connectivity index (χ3v) is 4.89. The Morgan fingerprint density at radius 1 is 1.28 bits per heavy atom. The fourth-order valence-corrected chi connectivity index (χ4v) is 3.65. The van der Waals surface area contributed by atoms with Crippen molar-refractivity contribution in [3.63, 3.8) is 0 Å². The van der Waals surface area contributed by atoms with E-state index in [4.69, 9.17) is 4.74 Å². The molecule has 7 nitrogen and oxygen atoms in total. The minimum atomic E-state index is -1.13. The summed E-state index contributed by atoms with van der Waals surface area (Å²) < 4.78 is 5.22. The average Bonchev–Trinajstić information content (AvgIpc) is 2.88. The number of amides is 2. The van der Waals surface area contributed by atoms with E-state index in [1.54, 1.807) is 24.3 Å². The van der Waals surface area contributed by atoms with Gasteiger partial charge in [0.15, 0.2) is 0 Å². The Hall–Kier alpha value is -2.87. The molecule has 0 aliphatic carbocycles. The summed E-state index contributed by atoms with van der Waals surface area (Å²) in [6.07, 6.45) is 1.42. The minimum absolute atomic E-state index is 0.00323. The van der Waals surface area contributed by atoms with Gasteiger partial charge in [0.05, 0.1) is 23.6 Å². The number of hydrogen-bond acceptors (Lipinski definition) is 6. The van der Waals surface area contributed by atoms with Crippen LogP contribution in [0.5, 0.6) is 5.75 Å². The Morgan fingerprint density at radius 2 is 2.04 bits per heavy atom. The second-order valence-corrected chi connectivity index (χ2v) is 6.40. The summed E-state index contributed by atoms with van der Waals surface area (Å²) in [7, 11) is 1.46. The first-order valence-corrected chi connectivity index (χ1v) is 8.25. The number of aromatic nitrogens is 1. The van der Waals surface area contributed by atoms with Gasteiger partial charge in [-0.15, -0.1) is 0 Å². The number of ether oxygens (including phenoxy) is 1. The second kappa shape index (κ2) is 6.94. The van der Waals surface area contributed by atoms with Gasteiger partial charge in [-0.05, 0) is 24.3 Å². The third kappa shape index (κ3) is 3.20. The molecule has 8 heteroatoms. The van der Waals surface area contributed by atoms with Gasteiger partial charge >= 0.3 is 5.97 Å². The maximum absolute atomic E-state index is 12.7. The minimum Gasteiger partial charge on any atom is -0.495 e. The van der Waals surface area contributed by atoms with E-state index in [0.717, 1.165) is 16.7 Å². The number of hydrogen-bond donors (Lipinski definition) is 1. The molecule has 1 aromatic heterocycles. The zero-order valence-electron chi connectivity index (χ0n) is 13.2. The first-order valence-electron chi connectivity index (χ1n) is 7.37. The molecule has 25 heavy (non-hydrogen) atoms. The van der Waals surface area contributed by atoms with Gasteiger partial charge < -0.3 is 9.84 Å². The highest BCUT2D eigenvalue weighted by Crippen LogP contribution is 2.37. The molecule has 1 saturated heterocycles. The summed E-state index contributed by atoms with van der Waals surface area (Å²) in [6.45, 7) is 0. The van der Waals surface area contributed by atoms with Gasteiger partial charge in [0.25, 0.3) is 0 Å². The van der Waals surface area contributed by atoms with Crippen LogP contribution in [0.2, 0.25) is 0 Å². The molecule has 0 bridgehead atoms. The summed E-state index contributed by atoms with van der Waals surface area (Å²) in [5, 5.41) is 8.70. The average molecular weight is 358 g/mol. The number of imide groups is 1. The molecule has 1 aliphatic rings. The number of thioether (sulfide) groups is 1. The lowest BCUT2D eigenvalue weighted by atomic mass is 10.2. The van der Waals surface area contributed by atoms with Crippen molar-refractivity contribution in [2.24, 2.45) is 0 Å². The van der Waals surface area contributed by atoms with E-state index in [0.29, 0.717) is 11.4 Å². The van der Waals surface area contributed by atoms with Crippen LogP contribution in [-0.4, -0.2) is 40.2 Å². The number of carboxylic acid groups (broad SMARTS) is 1. The van der Waals surface area contributed by atoms with Crippen molar-refractivity contribution >= 4 is 35.2 Å². The molecular weight excluding hydrogens is 344 g/mol. The van der Waals surface area contributed by atoms with Crippen LogP contribution in [0.3, 0.4) is 0 Å². The Labute approximate surface area is 147 Å². The number of nitrogens with zero attached hydrogens (tertiary/aromatic N) is 2. The highest BCUT2D eigenvalue weighted by atomic mass is 32.2. The predicted molar refractivity (Wildman–Crippen MR) is 90.9 cm³/mol. The van der Waals surface area contributed by atoms with E-state index in [-0.39, 0.29) is 22.9 Å². The standard InChI is InChI=1S/C17H14N2O5S/c1-24-12-7-3-2-6-11(12)19-14(20)9-13(16(19)21)25-15-10(17(22)23)5-4-8-18-15/h2-8,13H,9H2,1H3,(H,22,23)/t13-/m1/s1. The molecule has 128 valence electrons. The van der Waals surface area contributed by atoms with Crippen molar-refractivity contribution in [2.75, 3.05) is 12.0 Å². The maximum atomic E-state index is 12.7. The Kier molecular flexibility index (Phi) is 4.71. The van der Waals surface area contributed by atoms with Crippen LogP contribution in [0.25, 0.3) is 0 Å². The second-order valence-electron chi connectivity index (χ2n) is 5.21. The number of pyridine rings is 1. The molecule has 0 unspecified atom stereocenters. The van der Waals surface area contributed by atoms with E-state index in [9.17, 15) is 19.5 Å². The predicted octanol–water partition coefficient (Wildman–Crippen LogP) is 2.21. The van der Waals surface area contributed by atoms with Gasteiger partial charge in [0, 0.05) is 12.6 Å². The number of carbonyl (C=O) groups excluding carboxylic acids is 2. The summed E-state index contributed by atoms with van der Waals surface area (Å²) in [6, 6.07) is 9.67. The van der Waals surface area contributed by atoms with Crippen molar-refractivity contribution in [1.29, 1.82) is 0 Å². The molecule has 0 saturated carbocycles. The number of methoxy groups -OCH3 is 1. The number of aromatic carboxylic acids is 1. The normalized spacial score (nSPS) is 17.0. The fraction of sp³-hybridized carbons (Fsp3) is 0.176. The Morgan fingerprint density at radius 3 is 2.76 bits per heavy atom. The lowest BCUT2D eigenvalue weighted by Gasteiger charge is -2.17. The molecule has 1 fully saturated rings. The molecule has 0 radical (unpaired) electrons. The van der Waals surface area contributed by atoms with Crippen LogP contribution in [0.1, 0.15) is 16.8 Å². The molecule has 2 aromatic rings. The molecule has 2 heterocycles. The maximum Gasteiger partial charge on any atom is 0.338 e. The van der Waals surface area contributed by atoms with Crippen LogP contribution in [0.4, 0.5) is 5.69 Å². The van der Waals surface area contributed by atoms with Gasteiger partial charge in [-0.3, -0.25) is 9.59 Å². The lowest BCUT2D eigenvalue weighted by molar-refractivity contribution is -0.121. The van der Waals surface area contributed by atoms with Crippen LogP contribution >= 0.6 is 11.8 Å². The van der Waals surface area contributed by atoms with E-state index in [2.05, 4.69) is 4.98 Å². The van der Waals surface area contributed by atoms with Crippen molar-refractivity contribution in [3.8, 4) is 5.75 Å². The molecule has 3 rings (SSSR count). The molecule has 1 aromatic carbocycles. The number of carbonyl (C=O) groups is 3. The highest BCUT2D eigenvalue weighted by molar-refractivity contribution is 8.00. The molecule has 1 aliphatic heterocycles. The SMILES string of the molecule is COc1ccccc1N1C(=O)C[C@@H](Sc2ncccc2C(=O)O)C1=O. The Balaban J connectivity index is 1.89. The first-order chi connectivity index (χ1) is 12.0. The van der Waals surface area contributed by atoms with Gasteiger partial charge in [-0.2, -0.15) is 0 Å². The van der Waals surface area contributed by atoms with Crippen molar-refractivity contribution in [2.45, 2.75) is 16.7 Å². The number of benzene rings is 1. The van der Waals surface area contributed by atoms with E-state index < -0.39 is 17.1 Å². The zero-order valence-corrected chi connectivity index (χ0v) is 14.0. The summed E-state index contributed by atoms with van der Waals surface area (Å²) in [4.78, 5) is 41.5. The van der Waals surface area contributed by atoms with Crippen molar-refractivity contribution in [3.05, 3.63) is 48.2 Å². The van der Waals surface area contributed by atoms with Crippen LogP contribution in [0, 0.1) is 0 Å². The zero-order chi connectivity index (χ0) is 18.0. The summed E-state index contributed by atoms with van der Waals surface area (Å²) in [5.74, 6) is -1.49.